The largest absolute Gasteiger partial charge is 0.444 e. The molecule has 33 heavy (non-hydrogen) atoms. The third-order valence-electron chi connectivity index (χ3n) is 4.19. The van der Waals surface area contributed by atoms with E-state index in [-0.39, 0.29) is 30.3 Å². The van der Waals surface area contributed by atoms with Crippen LogP contribution < -0.4 is 11.1 Å². The summed E-state index contributed by atoms with van der Waals surface area (Å²) in [5, 5.41) is 3.77. The molecular formula is C21H29ClN4O6S. The van der Waals surface area contributed by atoms with E-state index in [1.54, 1.807) is 26.8 Å². The average molecular weight is 501 g/mol. The zero-order chi connectivity index (χ0) is 24.8. The van der Waals surface area contributed by atoms with Crippen LogP contribution in [0.25, 0.3) is 6.08 Å². The number of alkyl carbamates (subject to hydrolysis) is 1. The van der Waals surface area contributed by atoms with Crippen LogP contribution in [-0.2, 0) is 23.4 Å². The summed E-state index contributed by atoms with van der Waals surface area (Å²) in [7, 11) is 1.47. The number of benzene rings is 1. The maximum Gasteiger partial charge on any atom is 0.407 e. The van der Waals surface area contributed by atoms with Crippen molar-refractivity contribution in [3.05, 3.63) is 29.3 Å². The first-order valence-corrected chi connectivity index (χ1v) is 12.6. The van der Waals surface area contributed by atoms with Gasteiger partial charge in [-0.2, -0.15) is 0 Å². The molecule has 0 saturated heterocycles. The summed E-state index contributed by atoms with van der Waals surface area (Å²) in [5.41, 5.74) is 6.49. The van der Waals surface area contributed by atoms with Gasteiger partial charge in [-0.3, -0.25) is 9.63 Å². The Bertz CT molecular complexity index is 1060. The molecule has 0 atom stereocenters. The number of nitrogens with one attached hydrogen (secondary N) is 1. The van der Waals surface area contributed by atoms with Gasteiger partial charge in [-0.15, -0.1) is 0 Å². The second-order valence-corrected chi connectivity index (χ2v) is 10.8. The highest BCUT2D eigenvalue weighted by Gasteiger charge is 2.23. The highest BCUT2D eigenvalue weighted by molar-refractivity contribution is 8.13. The molecule has 0 aliphatic carbocycles. The predicted molar refractivity (Wildman–Crippen MR) is 126 cm³/mol. The number of halogens is 1. The van der Waals surface area contributed by atoms with Gasteiger partial charge in [0, 0.05) is 41.3 Å². The van der Waals surface area contributed by atoms with Gasteiger partial charge in [0.2, 0.25) is 0 Å². The number of rotatable bonds is 8. The van der Waals surface area contributed by atoms with E-state index in [2.05, 4.69) is 10.3 Å². The lowest BCUT2D eigenvalue weighted by molar-refractivity contribution is -0.181. The van der Waals surface area contributed by atoms with E-state index in [9.17, 15) is 18.0 Å². The Hall–Kier alpha value is -2.63. The SMILES string of the molecule is CCCN(OCCNC(=O)OC(C)(C)C)C(=O)C1=Cc2ccc(S(=O)(=O)Cl)cc2N=C(N)C1. The fourth-order valence-electron chi connectivity index (χ4n) is 2.87. The number of nitrogens with two attached hydrogens (primary N) is 1. The molecule has 0 unspecified atom stereocenters. The van der Waals surface area contributed by atoms with Gasteiger partial charge in [0.15, 0.2) is 0 Å². The Morgan fingerprint density at radius 3 is 2.61 bits per heavy atom. The van der Waals surface area contributed by atoms with Crippen molar-refractivity contribution in [3.63, 3.8) is 0 Å². The van der Waals surface area contributed by atoms with Crippen LogP contribution in [0.1, 0.15) is 46.1 Å². The van der Waals surface area contributed by atoms with Crippen LogP contribution in [0, 0.1) is 0 Å². The highest BCUT2D eigenvalue weighted by Crippen LogP contribution is 2.30. The molecule has 0 spiro atoms. The molecule has 1 aliphatic heterocycles. The number of carbonyl (C=O) groups excluding carboxylic acids is 2. The second-order valence-electron chi connectivity index (χ2n) is 8.28. The molecule has 1 heterocycles. The smallest absolute Gasteiger partial charge is 0.407 e. The molecule has 10 nitrogen and oxygen atoms in total. The Kier molecular flexibility index (Phi) is 8.87. The Balaban J connectivity index is 2.13. The highest BCUT2D eigenvalue weighted by atomic mass is 35.7. The van der Waals surface area contributed by atoms with Crippen LogP contribution >= 0.6 is 10.7 Å². The molecule has 0 radical (unpaired) electrons. The summed E-state index contributed by atoms with van der Waals surface area (Å²) < 4.78 is 28.4. The van der Waals surface area contributed by atoms with E-state index >= 15 is 0 Å². The summed E-state index contributed by atoms with van der Waals surface area (Å²) in [4.78, 5) is 34.6. The summed E-state index contributed by atoms with van der Waals surface area (Å²) in [6, 6.07) is 4.15. The third kappa shape index (κ3) is 8.34. The molecule has 2 rings (SSSR count). The minimum absolute atomic E-state index is 0.0510. The number of nitrogens with zero attached hydrogens (tertiary/aromatic N) is 2. The zero-order valence-electron chi connectivity index (χ0n) is 19.1. The fraction of sp³-hybridized carbons (Fsp3) is 0.476. The number of hydrogen-bond acceptors (Lipinski definition) is 8. The molecule has 2 amide bonds. The lowest BCUT2D eigenvalue weighted by Crippen LogP contribution is -2.38. The van der Waals surface area contributed by atoms with E-state index in [0.29, 0.717) is 29.8 Å². The molecule has 1 aromatic carbocycles. The minimum Gasteiger partial charge on any atom is -0.444 e. The van der Waals surface area contributed by atoms with E-state index < -0.39 is 26.7 Å². The molecule has 0 fully saturated rings. The monoisotopic (exact) mass is 500 g/mol. The molecule has 1 aliphatic rings. The topological polar surface area (TPSA) is 140 Å². The van der Waals surface area contributed by atoms with Crippen molar-refractivity contribution in [1.82, 2.24) is 10.4 Å². The van der Waals surface area contributed by atoms with Gasteiger partial charge in [0.1, 0.15) is 11.4 Å². The van der Waals surface area contributed by atoms with Gasteiger partial charge in [0.25, 0.3) is 15.0 Å². The van der Waals surface area contributed by atoms with Crippen LogP contribution in [0.2, 0.25) is 0 Å². The van der Waals surface area contributed by atoms with E-state index in [0.717, 1.165) is 0 Å². The number of amides is 2. The molecular weight excluding hydrogens is 472 g/mol. The fourth-order valence-corrected chi connectivity index (χ4v) is 3.64. The number of fused-ring (bicyclic) bond motifs is 1. The number of carbonyl (C=O) groups is 2. The molecule has 12 heteroatoms. The third-order valence-corrected chi connectivity index (χ3v) is 5.55. The van der Waals surface area contributed by atoms with Crippen LogP contribution in [0.4, 0.5) is 10.5 Å². The van der Waals surface area contributed by atoms with Crippen LogP contribution in [0.5, 0.6) is 0 Å². The van der Waals surface area contributed by atoms with Crippen LogP contribution in [0.3, 0.4) is 0 Å². The Morgan fingerprint density at radius 2 is 2.00 bits per heavy atom. The molecule has 0 saturated carbocycles. The first kappa shape index (κ1) is 26.6. The standard InChI is InChI=1S/C21H29ClN4O6S/c1-5-9-26(31-10-8-24-20(28)32-21(2,3)4)19(27)15-11-14-6-7-16(33(22,29)30)13-17(14)25-18(23)12-15/h6-7,11,13H,5,8-10,12H2,1-4H3,(H2,23,25)(H,24,28). The molecule has 1 aromatic rings. The van der Waals surface area contributed by atoms with Gasteiger partial charge in [-0.05, 0) is 45.4 Å². The van der Waals surface area contributed by atoms with E-state index in [1.807, 2.05) is 6.92 Å². The van der Waals surface area contributed by atoms with Gasteiger partial charge >= 0.3 is 6.09 Å². The maximum atomic E-state index is 13.1. The van der Waals surface area contributed by atoms with Gasteiger partial charge in [0.05, 0.1) is 17.2 Å². The summed E-state index contributed by atoms with van der Waals surface area (Å²) in [5.74, 6) is -0.269. The van der Waals surface area contributed by atoms with Crippen molar-refractivity contribution in [2.45, 2.75) is 51.0 Å². The van der Waals surface area contributed by atoms with Crippen LogP contribution in [0.15, 0.2) is 33.7 Å². The zero-order valence-corrected chi connectivity index (χ0v) is 20.6. The Morgan fingerprint density at radius 1 is 1.30 bits per heavy atom. The Labute approximate surface area is 198 Å². The first-order chi connectivity index (χ1) is 15.3. The number of ether oxygens (including phenoxy) is 1. The van der Waals surface area contributed by atoms with Crippen molar-refractivity contribution in [2.75, 3.05) is 19.7 Å². The predicted octanol–water partition coefficient (Wildman–Crippen LogP) is 3.08. The molecule has 3 N–H and O–H groups in total. The number of aliphatic imine (C=N–C) groups is 1. The average Bonchev–Trinajstić information content (AvgIpc) is 2.85. The van der Waals surface area contributed by atoms with Gasteiger partial charge < -0.3 is 15.8 Å². The van der Waals surface area contributed by atoms with Gasteiger partial charge in [-0.25, -0.2) is 23.3 Å². The number of hydroxylamine groups is 2. The quantitative estimate of drug-likeness (QED) is 0.317. The van der Waals surface area contributed by atoms with Crippen molar-refractivity contribution in [2.24, 2.45) is 10.7 Å². The van der Waals surface area contributed by atoms with E-state index in [1.165, 1.54) is 23.3 Å². The maximum absolute atomic E-state index is 13.1. The molecule has 0 aromatic heterocycles. The van der Waals surface area contributed by atoms with E-state index in [4.69, 9.17) is 26.0 Å². The lowest BCUT2D eigenvalue weighted by Gasteiger charge is -2.23. The normalized spacial score (nSPS) is 13.8. The first-order valence-electron chi connectivity index (χ1n) is 10.3. The number of amidine groups is 1. The summed E-state index contributed by atoms with van der Waals surface area (Å²) in [6.45, 7) is 7.67. The molecule has 0 bridgehead atoms. The van der Waals surface area contributed by atoms with Gasteiger partial charge in [-0.1, -0.05) is 13.0 Å². The minimum atomic E-state index is -3.94. The molecule has 182 valence electrons. The van der Waals surface area contributed by atoms with Crippen LogP contribution in [-0.4, -0.2) is 56.6 Å². The van der Waals surface area contributed by atoms with Crippen molar-refractivity contribution < 1.29 is 27.6 Å². The van der Waals surface area contributed by atoms with Crippen molar-refractivity contribution in [1.29, 1.82) is 0 Å². The summed E-state index contributed by atoms with van der Waals surface area (Å²) in [6.07, 6.45) is 1.70. The lowest BCUT2D eigenvalue weighted by atomic mass is 10.1. The number of hydrogen-bond donors (Lipinski definition) is 2. The summed E-state index contributed by atoms with van der Waals surface area (Å²) >= 11 is 0. The van der Waals surface area contributed by atoms with Crippen molar-refractivity contribution >= 4 is 49.3 Å². The van der Waals surface area contributed by atoms with Crippen molar-refractivity contribution in [3.8, 4) is 0 Å². The second kappa shape index (κ2) is 11.0.